The zero-order valence-corrected chi connectivity index (χ0v) is 11.8. The van der Waals surface area contributed by atoms with E-state index in [1.165, 1.54) is 4.68 Å². The van der Waals surface area contributed by atoms with Crippen LogP contribution in [0.1, 0.15) is 41.2 Å². The van der Waals surface area contributed by atoms with Crippen molar-refractivity contribution in [1.29, 1.82) is 0 Å². The lowest BCUT2D eigenvalue weighted by molar-refractivity contribution is 0.0853. The fourth-order valence-electron chi connectivity index (χ4n) is 2.28. The number of carbonyl (C=O) groups excluding carboxylic acids is 2. The molecule has 0 spiro atoms. The average molecular weight is 301 g/mol. The second-order valence-electron chi connectivity index (χ2n) is 5.37. The molecule has 0 bridgehead atoms. The number of rotatable bonds is 5. The van der Waals surface area contributed by atoms with Gasteiger partial charge in [-0.2, -0.15) is 0 Å². The number of nitrogens with zero attached hydrogens (tertiary/aromatic N) is 3. The molecule has 0 aliphatic carbocycles. The van der Waals surface area contributed by atoms with E-state index in [9.17, 15) is 18.4 Å². The maximum atomic E-state index is 12.1. The monoisotopic (exact) mass is 301 g/mol. The molecular weight excluding hydrogens is 284 g/mol. The Bertz CT molecular complexity index is 544. The summed E-state index contributed by atoms with van der Waals surface area (Å²) in [6.07, 6.45) is -1.89. The molecule has 2 heterocycles. The largest absolute Gasteiger partial charge is 0.346 e. The predicted octanol–water partition coefficient (Wildman–Crippen LogP) is 0.431. The standard InChI is InChI=1S/C12H17F2N5O2/c1-6(2)3-7-5-19-10(12(21)16-7)9(17-18-19)11(20)15-4-8(13)14/h6-8H,3-5H2,1-2H3,(H,15,20)(H,16,21)/t7-/m0/s1. The Morgan fingerprint density at radius 1 is 1.52 bits per heavy atom. The highest BCUT2D eigenvalue weighted by molar-refractivity contribution is 6.05. The molecule has 2 amide bonds. The highest BCUT2D eigenvalue weighted by Crippen LogP contribution is 2.16. The van der Waals surface area contributed by atoms with Crippen LogP contribution in [0.25, 0.3) is 0 Å². The summed E-state index contributed by atoms with van der Waals surface area (Å²) in [6, 6.07) is -0.0799. The summed E-state index contributed by atoms with van der Waals surface area (Å²) in [7, 11) is 0. The summed E-state index contributed by atoms with van der Waals surface area (Å²) < 4.78 is 25.5. The number of alkyl halides is 2. The molecule has 116 valence electrons. The molecule has 1 aromatic heterocycles. The van der Waals surface area contributed by atoms with Crippen LogP contribution >= 0.6 is 0 Å². The van der Waals surface area contributed by atoms with Crippen LogP contribution in [0, 0.1) is 5.92 Å². The second-order valence-corrected chi connectivity index (χ2v) is 5.37. The van der Waals surface area contributed by atoms with Crippen LogP contribution in [0.3, 0.4) is 0 Å². The van der Waals surface area contributed by atoms with Gasteiger partial charge in [0.2, 0.25) is 0 Å². The van der Waals surface area contributed by atoms with E-state index < -0.39 is 24.8 Å². The summed E-state index contributed by atoms with van der Waals surface area (Å²) in [5.74, 6) is -0.887. The van der Waals surface area contributed by atoms with Gasteiger partial charge >= 0.3 is 0 Å². The molecule has 1 aliphatic rings. The molecule has 2 rings (SSSR count). The van der Waals surface area contributed by atoms with E-state index in [4.69, 9.17) is 0 Å². The minimum Gasteiger partial charge on any atom is -0.346 e. The van der Waals surface area contributed by atoms with E-state index in [1.807, 2.05) is 19.2 Å². The summed E-state index contributed by atoms with van der Waals surface area (Å²) in [5.41, 5.74) is -0.210. The first kappa shape index (κ1) is 15.3. The van der Waals surface area contributed by atoms with Crippen LogP contribution in [0.2, 0.25) is 0 Å². The normalized spacial score (nSPS) is 17.8. The van der Waals surface area contributed by atoms with Crippen LogP contribution in [0.15, 0.2) is 0 Å². The van der Waals surface area contributed by atoms with Crippen molar-refractivity contribution in [3.05, 3.63) is 11.4 Å². The number of hydrogen-bond acceptors (Lipinski definition) is 4. The van der Waals surface area contributed by atoms with E-state index >= 15 is 0 Å². The van der Waals surface area contributed by atoms with Crippen molar-refractivity contribution in [3.8, 4) is 0 Å². The lowest BCUT2D eigenvalue weighted by Gasteiger charge is -2.25. The minimum atomic E-state index is -2.66. The molecule has 0 radical (unpaired) electrons. The van der Waals surface area contributed by atoms with Gasteiger partial charge in [-0.05, 0) is 12.3 Å². The Balaban J connectivity index is 2.14. The lowest BCUT2D eigenvalue weighted by atomic mass is 10.0. The Morgan fingerprint density at radius 2 is 2.24 bits per heavy atom. The van der Waals surface area contributed by atoms with Crippen molar-refractivity contribution in [1.82, 2.24) is 25.6 Å². The lowest BCUT2D eigenvalue weighted by Crippen LogP contribution is -2.46. The zero-order chi connectivity index (χ0) is 15.6. The van der Waals surface area contributed by atoms with Crippen molar-refractivity contribution in [2.45, 2.75) is 39.3 Å². The molecule has 1 aromatic rings. The van der Waals surface area contributed by atoms with Gasteiger partial charge in [0.1, 0.15) is 0 Å². The van der Waals surface area contributed by atoms with Gasteiger partial charge in [0.25, 0.3) is 18.2 Å². The SMILES string of the molecule is CC(C)C[C@H]1Cn2nnc(C(=O)NCC(F)F)c2C(=O)N1. The van der Waals surface area contributed by atoms with Gasteiger partial charge < -0.3 is 10.6 Å². The molecule has 0 saturated carbocycles. The highest BCUT2D eigenvalue weighted by Gasteiger charge is 2.32. The molecule has 7 nitrogen and oxygen atoms in total. The number of nitrogens with one attached hydrogen (secondary N) is 2. The van der Waals surface area contributed by atoms with E-state index in [0.29, 0.717) is 12.5 Å². The number of carbonyl (C=O) groups is 2. The summed E-state index contributed by atoms with van der Waals surface area (Å²) in [4.78, 5) is 23.8. The first-order valence-corrected chi connectivity index (χ1v) is 6.69. The number of aromatic nitrogens is 3. The Morgan fingerprint density at radius 3 is 2.86 bits per heavy atom. The summed E-state index contributed by atoms with van der Waals surface area (Å²) in [5, 5.41) is 12.2. The molecule has 0 unspecified atom stereocenters. The molecule has 1 atom stereocenters. The van der Waals surface area contributed by atoms with Crippen LogP contribution in [-0.4, -0.2) is 45.8 Å². The van der Waals surface area contributed by atoms with Crippen molar-refractivity contribution in [2.24, 2.45) is 5.92 Å². The van der Waals surface area contributed by atoms with E-state index in [0.717, 1.165) is 6.42 Å². The van der Waals surface area contributed by atoms with Gasteiger partial charge in [-0.25, -0.2) is 13.5 Å². The topological polar surface area (TPSA) is 88.9 Å². The van der Waals surface area contributed by atoms with E-state index in [-0.39, 0.29) is 17.4 Å². The molecule has 2 N–H and O–H groups in total. The van der Waals surface area contributed by atoms with E-state index in [1.54, 1.807) is 0 Å². The van der Waals surface area contributed by atoms with Gasteiger partial charge in [-0.1, -0.05) is 19.1 Å². The van der Waals surface area contributed by atoms with Gasteiger partial charge in [-0.3, -0.25) is 9.59 Å². The van der Waals surface area contributed by atoms with Crippen LogP contribution in [-0.2, 0) is 6.54 Å². The molecule has 0 fully saturated rings. The van der Waals surface area contributed by atoms with Crippen molar-refractivity contribution < 1.29 is 18.4 Å². The van der Waals surface area contributed by atoms with Crippen LogP contribution in [0.5, 0.6) is 0 Å². The van der Waals surface area contributed by atoms with Crippen molar-refractivity contribution in [2.75, 3.05) is 6.54 Å². The summed E-state index contributed by atoms with van der Waals surface area (Å²) >= 11 is 0. The summed E-state index contributed by atoms with van der Waals surface area (Å²) in [6.45, 7) is 3.69. The van der Waals surface area contributed by atoms with Crippen molar-refractivity contribution in [3.63, 3.8) is 0 Å². The third-order valence-corrected chi connectivity index (χ3v) is 3.07. The smallest absolute Gasteiger partial charge is 0.274 e. The maximum Gasteiger partial charge on any atom is 0.274 e. The highest BCUT2D eigenvalue weighted by atomic mass is 19.3. The van der Waals surface area contributed by atoms with Gasteiger partial charge in [0, 0.05) is 6.04 Å². The van der Waals surface area contributed by atoms with Crippen LogP contribution < -0.4 is 10.6 Å². The van der Waals surface area contributed by atoms with Gasteiger partial charge in [0.15, 0.2) is 11.4 Å². The molecule has 0 aromatic carbocycles. The third kappa shape index (κ3) is 3.53. The molecule has 1 aliphatic heterocycles. The first-order chi connectivity index (χ1) is 9.88. The van der Waals surface area contributed by atoms with E-state index in [2.05, 4.69) is 15.6 Å². The molecule has 0 saturated heterocycles. The zero-order valence-electron chi connectivity index (χ0n) is 11.8. The molecule has 9 heteroatoms. The fourth-order valence-corrected chi connectivity index (χ4v) is 2.28. The van der Waals surface area contributed by atoms with Crippen LogP contribution in [0.4, 0.5) is 8.78 Å². The minimum absolute atomic E-state index is 0.0155. The number of amides is 2. The first-order valence-electron chi connectivity index (χ1n) is 6.69. The van der Waals surface area contributed by atoms with Gasteiger partial charge in [0.05, 0.1) is 13.1 Å². The number of fused-ring (bicyclic) bond motifs is 1. The van der Waals surface area contributed by atoms with Gasteiger partial charge in [-0.15, -0.1) is 5.10 Å². The third-order valence-electron chi connectivity index (χ3n) is 3.07. The molecule has 21 heavy (non-hydrogen) atoms. The molecular formula is C12H17F2N5O2. The quantitative estimate of drug-likeness (QED) is 0.825. The maximum absolute atomic E-state index is 12.1. The van der Waals surface area contributed by atoms with Crippen molar-refractivity contribution >= 4 is 11.8 Å². The Hall–Kier alpha value is -2.06. The Labute approximate surface area is 120 Å². The average Bonchev–Trinajstić information content (AvgIpc) is 2.79. The Kier molecular flexibility index (Phi) is 4.49. The second kappa shape index (κ2) is 6.15. The number of hydrogen-bond donors (Lipinski definition) is 2. The predicted molar refractivity (Wildman–Crippen MR) is 69.1 cm³/mol. The fraction of sp³-hybridized carbons (Fsp3) is 0.667. The number of halogens is 2.